The number of nitrogens with two attached hydrogens (primary N) is 1. The molecule has 0 bridgehead atoms. The summed E-state index contributed by atoms with van der Waals surface area (Å²) in [6.45, 7) is 8.13. The van der Waals surface area contributed by atoms with Crippen LogP contribution >= 0.6 is 11.6 Å². The second kappa shape index (κ2) is 10.7. The summed E-state index contributed by atoms with van der Waals surface area (Å²) in [5.41, 5.74) is 10.7. The highest BCUT2D eigenvalue weighted by Gasteiger charge is 2.20. The predicted octanol–water partition coefficient (Wildman–Crippen LogP) is 4.76. The number of nitrogens with zero attached hydrogens (tertiary/aromatic N) is 2. The van der Waals surface area contributed by atoms with Crippen molar-refractivity contribution in [3.05, 3.63) is 73.9 Å². The Balaban J connectivity index is 2.10. The first-order valence-corrected chi connectivity index (χ1v) is 11.8. The van der Waals surface area contributed by atoms with E-state index in [2.05, 4.69) is 22.2 Å². The van der Waals surface area contributed by atoms with Gasteiger partial charge in [-0.2, -0.15) is 0 Å². The molecule has 2 heterocycles. The van der Waals surface area contributed by atoms with E-state index in [1.54, 1.807) is 19.3 Å². The molecule has 2 aromatic heterocycles. The van der Waals surface area contributed by atoms with E-state index in [9.17, 15) is 9.59 Å². The van der Waals surface area contributed by atoms with Crippen molar-refractivity contribution in [3.63, 3.8) is 0 Å². The number of aromatic nitrogens is 2. The smallest absolute Gasteiger partial charge is 0.253 e. The summed E-state index contributed by atoms with van der Waals surface area (Å²) in [6, 6.07) is 5.82. The van der Waals surface area contributed by atoms with Crippen LogP contribution in [0.3, 0.4) is 0 Å². The first-order valence-electron chi connectivity index (χ1n) is 11.4. The van der Waals surface area contributed by atoms with Gasteiger partial charge in [-0.3, -0.25) is 14.6 Å². The van der Waals surface area contributed by atoms with Crippen LogP contribution in [0.1, 0.15) is 66.0 Å². The van der Waals surface area contributed by atoms with Crippen LogP contribution in [0.5, 0.6) is 0 Å². The third-order valence-corrected chi connectivity index (χ3v) is 6.06. The molecule has 34 heavy (non-hydrogen) atoms. The van der Waals surface area contributed by atoms with Gasteiger partial charge in [-0.05, 0) is 56.5 Å². The Bertz CT molecular complexity index is 1330. The van der Waals surface area contributed by atoms with E-state index in [0.29, 0.717) is 27.1 Å². The number of halogens is 1. The number of pyridine rings is 1. The molecule has 0 radical (unpaired) electrons. The number of hydrogen-bond acceptors (Lipinski definition) is 4. The van der Waals surface area contributed by atoms with Crippen molar-refractivity contribution in [1.29, 1.82) is 0 Å². The monoisotopic (exact) mass is 481 g/mol. The zero-order valence-corrected chi connectivity index (χ0v) is 21.1. The number of carbonyl (C=O) groups excluding carboxylic acids is 1. The molecule has 0 saturated carbocycles. The zero-order valence-electron chi connectivity index (χ0n) is 20.3. The van der Waals surface area contributed by atoms with Gasteiger partial charge in [0.05, 0.1) is 16.1 Å². The zero-order chi connectivity index (χ0) is 25.0. The Hall–Kier alpha value is -3.32. The van der Waals surface area contributed by atoms with Gasteiger partial charge in [0.2, 0.25) is 0 Å². The van der Waals surface area contributed by atoms with Gasteiger partial charge in [0, 0.05) is 60.5 Å². The summed E-state index contributed by atoms with van der Waals surface area (Å²) in [4.78, 5) is 33.0. The molecule has 180 valence electrons. The van der Waals surface area contributed by atoms with Gasteiger partial charge in [-0.1, -0.05) is 24.9 Å². The summed E-state index contributed by atoms with van der Waals surface area (Å²) in [6.07, 6.45) is 6.61. The Morgan fingerprint density at radius 2 is 2.06 bits per heavy atom. The van der Waals surface area contributed by atoms with Crippen LogP contribution in [-0.4, -0.2) is 28.7 Å². The van der Waals surface area contributed by atoms with Crippen LogP contribution in [-0.2, 0) is 13.0 Å². The number of nitrogens with one attached hydrogen (secondary N) is 2. The van der Waals surface area contributed by atoms with Gasteiger partial charge < -0.3 is 20.6 Å². The van der Waals surface area contributed by atoms with Crippen molar-refractivity contribution in [1.82, 2.24) is 14.9 Å². The lowest BCUT2D eigenvalue weighted by molar-refractivity contribution is 0.0952. The summed E-state index contributed by atoms with van der Waals surface area (Å²) in [5, 5.41) is 4.09. The Labute approximate surface area is 204 Å². The molecule has 0 aliphatic carbocycles. The molecule has 3 rings (SSSR count). The molecule has 0 unspecified atom stereocenters. The number of hydrogen-bond donors (Lipinski definition) is 3. The van der Waals surface area contributed by atoms with Crippen LogP contribution in [0.15, 0.2) is 40.4 Å². The highest BCUT2D eigenvalue weighted by Crippen LogP contribution is 2.34. The number of fused-ring (bicyclic) bond motifs is 1. The van der Waals surface area contributed by atoms with E-state index in [4.69, 9.17) is 17.3 Å². The molecule has 0 aliphatic heterocycles. The molecule has 1 aromatic carbocycles. The van der Waals surface area contributed by atoms with Crippen molar-refractivity contribution >= 4 is 40.2 Å². The standard InChI is InChI=1S/C26H32ClN5O2/c1-6-7-17-8-16(4)31-26(34)21(17)13-30-25(33)20-9-18(19(11-28)12-29-5)10-23-24(20)22(27)14-32(23)15(2)3/h8-12,14-15H,6-7,13,28H2,1-5H3,(H,30,33)(H,31,34). The van der Waals surface area contributed by atoms with Gasteiger partial charge in [0.15, 0.2) is 0 Å². The Morgan fingerprint density at radius 1 is 1.32 bits per heavy atom. The van der Waals surface area contributed by atoms with Crippen molar-refractivity contribution < 1.29 is 4.79 Å². The third kappa shape index (κ3) is 5.09. The average molecular weight is 482 g/mol. The third-order valence-electron chi connectivity index (χ3n) is 5.78. The summed E-state index contributed by atoms with van der Waals surface area (Å²) in [7, 11) is 1.66. The number of benzene rings is 1. The van der Waals surface area contributed by atoms with E-state index < -0.39 is 0 Å². The molecule has 0 fully saturated rings. The van der Waals surface area contributed by atoms with Crippen LogP contribution in [0.4, 0.5) is 0 Å². The van der Waals surface area contributed by atoms with Crippen molar-refractivity contribution in [2.24, 2.45) is 10.7 Å². The molecule has 1 amide bonds. The topological polar surface area (TPSA) is 105 Å². The molecule has 0 atom stereocenters. The molecule has 4 N–H and O–H groups in total. The second-order valence-electron chi connectivity index (χ2n) is 8.62. The largest absolute Gasteiger partial charge is 0.404 e. The van der Waals surface area contributed by atoms with E-state index in [0.717, 1.165) is 35.2 Å². The van der Waals surface area contributed by atoms with E-state index >= 15 is 0 Å². The maximum absolute atomic E-state index is 13.5. The number of allylic oxidation sites excluding steroid dienone is 1. The average Bonchev–Trinajstić information content (AvgIpc) is 3.13. The number of H-pyrrole nitrogens is 1. The van der Waals surface area contributed by atoms with Crippen molar-refractivity contribution in [2.75, 3.05) is 7.05 Å². The van der Waals surface area contributed by atoms with Gasteiger partial charge in [0.25, 0.3) is 11.5 Å². The minimum Gasteiger partial charge on any atom is -0.404 e. The molecular formula is C26H32ClN5O2. The molecule has 8 heteroatoms. The highest BCUT2D eigenvalue weighted by atomic mass is 35.5. The quantitative estimate of drug-likeness (QED) is 0.404. The predicted molar refractivity (Wildman–Crippen MR) is 141 cm³/mol. The Morgan fingerprint density at radius 3 is 2.68 bits per heavy atom. The molecular weight excluding hydrogens is 450 g/mol. The fourth-order valence-corrected chi connectivity index (χ4v) is 4.50. The normalized spacial score (nSPS) is 12.3. The highest BCUT2D eigenvalue weighted by molar-refractivity contribution is 6.37. The summed E-state index contributed by atoms with van der Waals surface area (Å²) in [5.74, 6) is -0.317. The van der Waals surface area contributed by atoms with Crippen molar-refractivity contribution in [2.45, 2.75) is 53.1 Å². The Kier molecular flexibility index (Phi) is 7.99. The summed E-state index contributed by atoms with van der Waals surface area (Å²) >= 11 is 6.60. The van der Waals surface area contributed by atoms with Crippen LogP contribution < -0.4 is 16.6 Å². The minimum absolute atomic E-state index is 0.119. The molecule has 7 nitrogen and oxygen atoms in total. The van der Waals surface area contributed by atoms with Gasteiger partial charge in [0.1, 0.15) is 0 Å². The lowest BCUT2D eigenvalue weighted by Crippen LogP contribution is -2.28. The van der Waals surface area contributed by atoms with Gasteiger partial charge in [-0.15, -0.1) is 0 Å². The number of aliphatic imine (C=N–C) groups is 1. The fourth-order valence-electron chi connectivity index (χ4n) is 4.20. The SMILES string of the molecule is CCCc1cc(C)[nH]c(=O)c1CNC(=O)c1cc(C(C=NC)=CN)cc2c1c(Cl)cn2C(C)C. The number of aryl methyl sites for hydroxylation is 2. The second-order valence-corrected chi connectivity index (χ2v) is 9.03. The number of amides is 1. The minimum atomic E-state index is -0.317. The van der Waals surface area contributed by atoms with Crippen LogP contribution in [0, 0.1) is 6.92 Å². The fraction of sp³-hybridized carbons (Fsp3) is 0.346. The number of aromatic amines is 1. The van der Waals surface area contributed by atoms with Gasteiger partial charge >= 0.3 is 0 Å². The molecule has 3 aromatic rings. The lowest BCUT2D eigenvalue weighted by atomic mass is 10.00. The van der Waals surface area contributed by atoms with Gasteiger partial charge in [-0.25, -0.2) is 0 Å². The first-order chi connectivity index (χ1) is 16.2. The maximum atomic E-state index is 13.5. The van der Waals surface area contributed by atoms with Crippen LogP contribution in [0.2, 0.25) is 5.02 Å². The van der Waals surface area contributed by atoms with Crippen LogP contribution in [0.25, 0.3) is 16.5 Å². The molecule has 0 aliphatic rings. The van der Waals surface area contributed by atoms with E-state index in [1.165, 1.54) is 6.20 Å². The number of carbonyl (C=O) groups is 1. The lowest BCUT2D eigenvalue weighted by Gasteiger charge is -2.14. The molecule has 0 saturated heterocycles. The summed E-state index contributed by atoms with van der Waals surface area (Å²) < 4.78 is 2.03. The maximum Gasteiger partial charge on any atom is 0.253 e. The van der Waals surface area contributed by atoms with E-state index in [1.807, 2.05) is 43.7 Å². The van der Waals surface area contributed by atoms with Crippen molar-refractivity contribution in [3.8, 4) is 0 Å². The first kappa shape index (κ1) is 25.3. The molecule has 0 spiro atoms. The van der Waals surface area contributed by atoms with E-state index in [-0.39, 0.29) is 24.1 Å². The number of rotatable bonds is 8.